The molecule has 0 aliphatic heterocycles. The molecule has 21 heavy (non-hydrogen) atoms. The van der Waals surface area contributed by atoms with Crippen molar-refractivity contribution in [1.29, 1.82) is 0 Å². The van der Waals surface area contributed by atoms with Crippen molar-refractivity contribution >= 4 is 17.7 Å². The number of nitrogens with one attached hydrogen (secondary N) is 1. The molecule has 1 aromatic rings. The summed E-state index contributed by atoms with van der Waals surface area (Å²) in [7, 11) is 8.98. The lowest BCUT2D eigenvalue weighted by atomic mass is 10.3. The highest BCUT2D eigenvalue weighted by Crippen LogP contribution is 2.24. The fraction of sp³-hybridized carbons (Fsp3) is 0.429. The van der Waals surface area contributed by atoms with E-state index in [4.69, 9.17) is 4.74 Å². The molecule has 0 aliphatic carbocycles. The SMILES string of the molecule is CN(C)C(=O)Oc1ccccc1NC(=O)C[N+](C)(C)C.[I-]. The predicted molar refractivity (Wildman–Crippen MR) is 77.7 cm³/mol. The maximum Gasteiger partial charge on any atom is 0.414 e. The van der Waals surface area contributed by atoms with Gasteiger partial charge in [0.15, 0.2) is 12.3 Å². The van der Waals surface area contributed by atoms with Gasteiger partial charge in [-0.15, -0.1) is 0 Å². The normalized spacial score (nSPS) is 10.3. The van der Waals surface area contributed by atoms with Crippen LogP contribution in [-0.2, 0) is 4.79 Å². The van der Waals surface area contributed by atoms with Crippen LogP contribution in [0.15, 0.2) is 24.3 Å². The Bertz CT molecular complexity index is 498. The molecule has 118 valence electrons. The molecule has 1 aromatic carbocycles. The Kier molecular flexibility index (Phi) is 7.65. The van der Waals surface area contributed by atoms with Crippen molar-refractivity contribution in [1.82, 2.24) is 4.90 Å². The van der Waals surface area contributed by atoms with Gasteiger partial charge < -0.3 is 43.4 Å². The van der Waals surface area contributed by atoms with Crippen LogP contribution in [0, 0.1) is 0 Å². The third-order valence-corrected chi connectivity index (χ3v) is 2.34. The van der Waals surface area contributed by atoms with Crippen molar-refractivity contribution < 1.29 is 42.8 Å². The maximum absolute atomic E-state index is 11.9. The zero-order valence-electron chi connectivity index (χ0n) is 13.0. The summed E-state index contributed by atoms with van der Waals surface area (Å²) >= 11 is 0. The minimum Gasteiger partial charge on any atom is -1.00 e. The van der Waals surface area contributed by atoms with Gasteiger partial charge in [-0.05, 0) is 12.1 Å². The third-order valence-electron chi connectivity index (χ3n) is 2.34. The van der Waals surface area contributed by atoms with Crippen LogP contribution in [0.4, 0.5) is 10.5 Å². The van der Waals surface area contributed by atoms with Gasteiger partial charge in [-0.3, -0.25) is 4.79 Å². The van der Waals surface area contributed by atoms with Gasteiger partial charge in [0.05, 0.1) is 26.8 Å². The molecule has 0 saturated carbocycles. The first-order chi connectivity index (χ1) is 9.19. The fourth-order valence-corrected chi connectivity index (χ4v) is 1.46. The van der Waals surface area contributed by atoms with Crippen molar-refractivity contribution in [2.45, 2.75) is 0 Å². The maximum atomic E-state index is 11.9. The van der Waals surface area contributed by atoms with E-state index in [-0.39, 0.29) is 29.9 Å². The molecule has 0 fully saturated rings. The highest BCUT2D eigenvalue weighted by Gasteiger charge is 2.17. The van der Waals surface area contributed by atoms with Gasteiger partial charge in [-0.1, -0.05) is 12.1 Å². The average molecular weight is 407 g/mol. The van der Waals surface area contributed by atoms with E-state index in [0.29, 0.717) is 22.5 Å². The van der Waals surface area contributed by atoms with Crippen LogP contribution in [0.1, 0.15) is 0 Å². The number of likely N-dealkylation sites (N-methyl/N-ethyl adjacent to an activating group) is 1. The lowest BCUT2D eigenvalue weighted by Crippen LogP contribution is -3.00. The highest BCUT2D eigenvalue weighted by atomic mass is 127. The van der Waals surface area contributed by atoms with Crippen LogP contribution >= 0.6 is 0 Å². The van der Waals surface area contributed by atoms with Gasteiger partial charge in [-0.25, -0.2) is 4.79 Å². The van der Waals surface area contributed by atoms with Crippen LogP contribution in [0.5, 0.6) is 5.75 Å². The molecule has 1 rings (SSSR count). The Labute approximate surface area is 142 Å². The summed E-state index contributed by atoms with van der Waals surface area (Å²) < 4.78 is 5.72. The van der Waals surface area contributed by atoms with Gasteiger partial charge in [0, 0.05) is 14.1 Å². The summed E-state index contributed by atoms with van der Waals surface area (Å²) in [5, 5.41) is 2.76. The van der Waals surface area contributed by atoms with E-state index in [1.165, 1.54) is 4.90 Å². The standard InChI is InChI=1S/C14H21N3O3.HI/c1-16(2)14(19)20-12-9-7-6-8-11(12)15-13(18)10-17(3,4)5;/h6-9H,10H2,1-5H3;1H. The van der Waals surface area contributed by atoms with Crippen LogP contribution in [0.25, 0.3) is 0 Å². The highest BCUT2D eigenvalue weighted by molar-refractivity contribution is 5.93. The van der Waals surface area contributed by atoms with Gasteiger partial charge in [0.2, 0.25) is 0 Å². The lowest BCUT2D eigenvalue weighted by molar-refractivity contribution is -0.861. The number of benzene rings is 1. The number of rotatable bonds is 4. The number of nitrogens with zero attached hydrogens (tertiary/aromatic N) is 2. The molecule has 6 nitrogen and oxygen atoms in total. The predicted octanol–water partition coefficient (Wildman–Crippen LogP) is -1.60. The quantitative estimate of drug-likeness (QED) is 0.483. The number of hydrogen-bond acceptors (Lipinski definition) is 3. The second-order valence-corrected chi connectivity index (χ2v) is 5.76. The number of ether oxygens (including phenoxy) is 1. The smallest absolute Gasteiger partial charge is 0.414 e. The first kappa shape index (κ1) is 19.7. The second kappa shape index (κ2) is 8.18. The van der Waals surface area contributed by atoms with E-state index >= 15 is 0 Å². The summed E-state index contributed by atoms with van der Waals surface area (Å²) in [5.74, 6) is 0.201. The minimum absolute atomic E-state index is 0. The fourth-order valence-electron chi connectivity index (χ4n) is 1.46. The van der Waals surface area contributed by atoms with Gasteiger partial charge in [0.1, 0.15) is 0 Å². The van der Waals surface area contributed by atoms with Crippen molar-refractivity contribution in [3.8, 4) is 5.75 Å². The average Bonchev–Trinajstić information content (AvgIpc) is 2.28. The van der Waals surface area contributed by atoms with E-state index in [2.05, 4.69) is 5.32 Å². The van der Waals surface area contributed by atoms with Crippen molar-refractivity contribution in [2.24, 2.45) is 0 Å². The number of carbonyl (C=O) groups excluding carboxylic acids is 2. The molecule has 0 saturated heterocycles. The van der Waals surface area contributed by atoms with E-state index < -0.39 is 6.09 Å². The molecule has 0 unspecified atom stereocenters. The van der Waals surface area contributed by atoms with Gasteiger partial charge >= 0.3 is 6.09 Å². The van der Waals surface area contributed by atoms with Crippen LogP contribution in [0.2, 0.25) is 0 Å². The van der Waals surface area contributed by atoms with E-state index in [0.717, 1.165) is 0 Å². The van der Waals surface area contributed by atoms with E-state index in [9.17, 15) is 9.59 Å². The third kappa shape index (κ3) is 7.28. The molecular formula is C14H22IN3O3. The molecular weight excluding hydrogens is 385 g/mol. The zero-order valence-corrected chi connectivity index (χ0v) is 15.2. The van der Waals surface area contributed by atoms with Gasteiger partial charge in [0.25, 0.3) is 5.91 Å². The molecule has 1 N–H and O–H groups in total. The Morgan fingerprint density at radius 3 is 2.29 bits per heavy atom. The largest absolute Gasteiger partial charge is 1.00 e. The Morgan fingerprint density at radius 2 is 1.76 bits per heavy atom. The molecule has 0 aliphatic rings. The zero-order chi connectivity index (χ0) is 15.3. The van der Waals surface area contributed by atoms with Gasteiger partial charge in [-0.2, -0.15) is 0 Å². The van der Waals surface area contributed by atoms with E-state index in [1.807, 2.05) is 21.1 Å². The Hall–Kier alpha value is -1.35. The monoisotopic (exact) mass is 407 g/mol. The molecule has 2 amide bonds. The molecule has 0 aromatic heterocycles. The second-order valence-electron chi connectivity index (χ2n) is 5.76. The number of anilines is 1. The van der Waals surface area contributed by atoms with Crippen LogP contribution in [0.3, 0.4) is 0 Å². The Balaban J connectivity index is 0.00000400. The molecule has 0 radical (unpaired) electrons. The number of amides is 2. The molecule has 7 heteroatoms. The lowest BCUT2D eigenvalue weighted by Gasteiger charge is -2.23. The first-order valence-corrected chi connectivity index (χ1v) is 6.27. The minimum atomic E-state index is -0.488. The summed E-state index contributed by atoms with van der Waals surface area (Å²) in [6.45, 7) is 0.329. The molecule has 0 spiro atoms. The Morgan fingerprint density at radius 1 is 1.19 bits per heavy atom. The van der Waals surface area contributed by atoms with Crippen LogP contribution < -0.4 is 34.0 Å². The van der Waals surface area contributed by atoms with Crippen molar-refractivity contribution in [3.05, 3.63) is 24.3 Å². The summed E-state index contributed by atoms with van der Waals surface area (Å²) in [6, 6.07) is 6.86. The first-order valence-electron chi connectivity index (χ1n) is 6.27. The van der Waals surface area contributed by atoms with Crippen LogP contribution in [-0.4, -0.2) is 63.2 Å². The number of carbonyl (C=O) groups is 2. The number of para-hydroxylation sites is 2. The molecule has 0 heterocycles. The molecule has 0 bridgehead atoms. The number of quaternary nitrogens is 1. The van der Waals surface area contributed by atoms with E-state index in [1.54, 1.807) is 38.4 Å². The molecule has 0 atom stereocenters. The summed E-state index contributed by atoms with van der Waals surface area (Å²) in [4.78, 5) is 24.8. The number of hydrogen-bond donors (Lipinski definition) is 1. The summed E-state index contributed by atoms with van der Waals surface area (Å²) in [6.07, 6.45) is -0.488. The number of halogens is 1. The van der Waals surface area contributed by atoms with Crippen molar-refractivity contribution in [3.63, 3.8) is 0 Å². The summed E-state index contributed by atoms with van der Waals surface area (Å²) in [5.41, 5.74) is 0.487. The topological polar surface area (TPSA) is 58.6 Å². The van der Waals surface area contributed by atoms with Crippen molar-refractivity contribution in [2.75, 3.05) is 47.1 Å².